The van der Waals surface area contributed by atoms with Gasteiger partial charge in [0.05, 0.1) is 5.57 Å². The molecule has 1 saturated carbocycles. The number of halogens is 1. The fourth-order valence-corrected chi connectivity index (χ4v) is 2.52. The van der Waals surface area contributed by atoms with Crippen LogP contribution >= 0.6 is 0 Å². The number of nitrogens with one attached hydrogen (secondary N) is 2. The fourth-order valence-electron chi connectivity index (χ4n) is 2.52. The van der Waals surface area contributed by atoms with Gasteiger partial charge in [-0.3, -0.25) is 14.8 Å². The molecule has 0 unspecified atom stereocenters. The number of hydroxylamine groups is 1. The van der Waals surface area contributed by atoms with E-state index in [9.17, 15) is 14.0 Å². The van der Waals surface area contributed by atoms with Gasteiger partial charge in [0, 0.05) is 17.7 Å². The quantitative estimate of drug-likeness (QED) is 0.318. The Morgan fingerprint density at radius 2 is 1.70 bits per heavy atom. The van der Waals surface area contributed by atoms with E-state index in [1.165, 1.54) is 23.7 Å². The first-order valence-electron chi connectivity index (χ1n) is 8.56. The summed E-state index contributed by atoms with van der Waals surface area (Å²) in [6, 6.07) is 13.4. The molecule has 2 amide bonds. The molecular weight excluding hydrogens is 347 g/mol. The number of amides is 2. The fraction of sp³-hybridized carbons (Fsp3) is 0.143. The summed E-state index contributed by atoms with van der Waals surface area (Å²) in [5.41, 5.74) is 3.50. The first-order chi connectivity index (χ1) is 13.1. The van der Waals surface area contributed by atoms with E-state index < -0.39 is 11.7 Å². The summed E-state index contributed by atoms with van der Waals surface area (Å²) in [6.07, 6.45) is 6.26. The second-order valence-electron chi connectivity index (χ2n) is 6.26. The van der Waals surface area contributed by atoms with E-state index >= 15 is 0 Å². The maximum atomic E-state index is 14.2. The molecule has 0 aliphatic heterocycles. The Balaban J connectivity index is 1.88. The zero-order chi connectivity index (χ0) is 19.2. The lowest BCUT2D eigenvalue weighted by molar-refractivity contribution is -0.124. The minimum Gasteiger partial charge on any atom is -0.349 e. The van der Waals surface area contributed by atoms with Crippen molar-refractivity contribution in [2.75, 3.05) is 0 Å². The van der Waals surface area contributed by atoms with Crippen LogP contribution in [0.5, 0.6) is 0 Å². The lowest BCUT2D eigenvalue weighted by Gasteiger charge is -2.10. The number of carbonyl (C=O) groups excluding carboxylic acids is 2. The maximum Gasteiger partial charge on any atom is 0.267 e. The average Bonchev–Trinajstić information content (AvgIpc) is 3.49. The minimum absolute atomic E-state index is 0.165. The Labute approximate surface area is 156 Å². The Hall–Kier alpha value is -3.25. The predicted octanol–water partition coefficient (Wildman–Crippen LogP) is 3.16. The zero-order valence-electron chi connectivity index (χ0n) is 14.5. The van der Waals surface area contributed by atoms with Gasteiger partial charge < -0.3 is 5.32 Å². The van der Waals surface area contributed by atoms with Crippen LogP contribution in [0.15, 0.2) is 54.6 Å². The van der Waals surface area contributed by atoms with E-state index in [-0.39, 0.29) is 23.1 Å². The van der Waals surface area contributed by atoms with Crippen molar-refractivity contribution < 1.29 is 19.2 Å². The van der Waals surface area contributed by atoms with Crippen LogP contribution in [-0.2, 0) is 9.59 Å². The van der Waals surface area contributed by atoms with Crippen molar-refractivity contribution in [3.8, 4) is 0 Å². The molecule has 0 spiro atoms. The third-order valence-electron chi connectivity index (χ3n) is 4.11. The SMILES string of the molecule is O=C(C=Cc1ccc(C=C(C(=O)NC2CC2)c2ccccc2F)cc1)NO. The molecule has 27 heavy (non-hydrogen) atoms. The molecule has 2 aromatic rings. The van der Waals surface area contributed by atoms with Crippen LogP contribution in [0.1, 0.15) is 29.5 Å². The van der Waals surface area contributed by atoms with E-state index in [4.69, 9.17) is 5.21 Å². The summed E-state index contributed by atoms with van der Waals surface area (Å²) in [7, 11) is 0. The van der Waals surface area contributed by atoms with Gasteiger partial charge in [0.25, 0.3) is 11.8 Å². The highest BCUT2D eigenvalue weighted by Crippen LogP contribution is 2.25. The van der Waals surface area contributed by atoms with Crippen molar-refractivity contribution in [2.24, 2.45) is 0 Å². The molecule has 0 radical (unpaired) electrons. The third kappa shape index (κ3) is 5.12. The minimum atomic E-state index is -0.627. The summed E-state index contributed by atoms with van der Waals surface area (Å²) in [6.45, 7) is 0. The maximum absolute atomic E-state index is 14.2. The summed E-state index contributed by atoms with van der Waals surface area (Å²) in [5.74, 6) is -1.38. The van der Waals surface area contributed by atoms with E-state index in [1.54, 1.807) is 48.5 Å². The van der Waals surface area contributed by atoms with Gasteiger partial charge in [-0.1, -0.05) is 42.5 Å². The van der Waals surface area contributed by atoms with Crippen LogP contribution in [0.2, 0.25) is 0 Å². The molecule has 2 aromatic carbocycles. The molecule has 0 saturated heterocycles. The standard InChI is InChI=1S/C21H19FN2O3/c22-19-4-2-1-3-17(19)18(21(26)23-16-10-11-16)13-15-7-5-14(6-8-15)9-12-20(25)24-27/h1-9,12-13,16,27H,10-11H2,(H,23,26)(H,24,25). The zero-order valence-corrected chi connectivity index (χ0v) is 14.5. The lowest BCUT2D eigenvalue weighted by Crippen LogP contribution is -2.26. The molecule has 0 aromatic heterocycles. The van der Waals surface area contributed by atoms with E-state index in [0.717, 1.165) is 24.0 Å². The second kappa shape index (κ2) is 8.42. The van der Waals surface area contributed by atoms with Gasteiger partial charge in [-0.05, 0) is 42.2 Å². The van der Waals surface area contributed by atoms with E-state index in [0.29, 0.717) is 0 Å². The molecule has 1 aliphatic rings. The highest BCUT2D eigenvalue weighted by atomic mass is 19.1. The third-order valence-corrected chi connectivity index (χ3v) is 4.11. The Kier molecular flexibility index (Phi) is 5.78. The van der Waals surface area contributed by atoms with Crippen LogP contribution in [0.4, 0.5) is 4.39 Å². The smallest absolute Gasteiger partial charge is 0.267 e. The molecule has 1 aliphatic carbocycles. The summed E-state index contributed by atoms with van der Waals surface area (Å²) >= 11 is 0. The Morgan fingerprint density at radius 1 is 1.04 bits per heavy atom. The Morgan fingerprint density at radius 3 is 2.33 bits per heavy atom. The number of hydrogen-bond donors (Lipinski definition) is 3. The van der Waals surface area contributed by atoms with Crippen LogP contribution in [-0.4, -0.2) is 23.1 Å². The molecule has 0 atom stereocenters. The van der Waals surface area contributed by atoms with Gasteiger partial charge >= 0.3 is 0 Å². The lowest BCUT2D eigenvalue weighted by atomic mass is 10.0. The molecule has 0 bridgehead atoms. The van der Waals surface area contributed by atoms with Crippen LogP contribution in [0.3, 0.4) is 0 Å². The van der Waals surface area contributed by atoms with Gasteiger partial charge in [-0.2, -0.15) is 0 Å². The largest absolute Gasteiger partial charge is 0.349 e. The normalized spacial score (nSPS) is 14.2. The van der Waals surface area contributed by atoms with Crippen molar-refractivity contribution in [2.45, 2.75) is 18.9 Å². The first kappa shape index (κ1) is 18.5. The Bertz CT molecular complexity index is 900. The van der Waals surface area contributed by atoms with Gasteiger partial charge in [0.1, 0.15) is 5.82 Å². The number of hydrogen-bond acceptors (Lipinski definition) is 3. The molecule has 3 rings (SSSR count). The van der Waals surface area contributed by atoms with E-state index in [2.05, 4.69) is 5.32 Å². The highest BCUT2D eigenvalue weighted by Gasteiger charge is 2.26. The first-order valence-corrected chi connectivity index (χ1v) is 8.56. The molecule has 0 heterocycles. The van der Waals surface area contributed by atoms with Crippen LogP contribution < -0.4 is 10.8 Å². The van der Waals surface area contributed by atoms with Crippen LogP contribution in [0, 0.1) is 5.82 Å². The predicted molar refractivity (Wildman–Crippen MR) is 101 cm³/mol. The number of rotatable bonds is 6. The summed E-state index contributed by atoms with van der Waals surface area (Å²) in [4.78, 5) is 23.6. The topological polar surface area (TPSA) is 78.4 Å². The van der Waals surface area contributed by atoms with Crippen molar-refractivity contribution in [1.82, 2.24) is 10.8 Å². The number of carbonyl (C=O) groups is 2. The van der Waals surface area contributed by atoms with Crippen LogP contribution in [0.25, 0.3) is 17.7 Å². The monoisotopic (exact) mass is 366 g/mol. The molecule has 138 valence electrons. The van der Waals surface area contributed by atoms with Gasteiger partial charge in [0.15, 0.2) is 0 Å². The van der Waals surface area contributed by atoms with Gasteiger partial charge in [-0.15, -0.1) is 0 Å². The van der Waals surface area contributed by atoms with E-state index in [1.807, 2.05) is 0 Å². The average molecular weight is 366 g/mol. The summed E-state index contributed by atoms with van der Waals surface area (Å²) < 4.78 is 14.2. The van der Waals surface area contributed by atoms with Crippen molar-refractivity contribution in [1.29, 1.82) is 0 Å². The van der Waals surface area contributed by atoms with Crippen molar-refractivity contribution >= 4 is 29.5 Å². The number of benzene rings is 2. The molecular formula is C21H19FN2O3. The molecule has 6 heteroatoms. The molecule has 5 nitrogen and oxygen atoms in total. The van der Waals surface area contributed by atoms with Crippen molar-refractivity contribution in [3.63, 3.8) is 0 Å². The molecule has 1 fully saturated rings. The van der Waals surface area contributed by atoms with Gasteiger partial charge in [0.2, 0.25) is 0 Å². The van der Waals surface area contributed by atoms with Gasteiger partial charge in [-0.25, -0.2) is 9.87 Å². The summed E-state index contributed by atoms with van der Waals surface area (Å²) in [5, 5.41) is 11.4. The highest BCUT2D eigenvalue weighted by molar-refractivity contribution is 6.24. The second-order valence-corrected chi connectivity index (χ2v) is 6.26. The molecule has 3 N–H and O–H groups in total. The van der Waals surface area contributed by atoms with Crippen molar-refractivity contribution in [3.05, 3.63) is 77.1 Å².